The van der Waals surface area contributed by atoms with Crippen molar-refractivity contribution in [3.63, 3.8) is 0 Å². The first kappa shape index (κ1) is 50.9. The summed E-state index contributed by atoms with van der Waals surface area (Å²) in [4.78, 5) is 81.2. The number of amides is 5. The maximum atomic E-state index is 14.8. The SMILES string of the molecule is Cc1nc(-c2ccc(C(C)(C)C)cc2)nc(C)c1C(=O)NC(CCN)C(=O)N(C)[C@@H]1C(=O)N[C@@H](C)C(=O)N[C@H](C(=O)NCC#N)Cc2ccc(OCCN)c(c2)-c2cc1cc(NCCN)c2O. The van der Waals surface area contributed by atoms with E-state index in [9.17, 15) is 29.1 Å². The molecule has 1 aromatic heterocycles. The van der Waals surface area contributed by atoms with Crippen LogP contribution in [0.5, 0.6) is 11.5 Å². The number of hydrogen-bond donors (Lipinski definition) is 9. The van der Waals surface area contributed by atoms with Gasteiger partial charge in [0.2, 0.25) is 23.6 Å². The number of rotatable bonds is 15. The number of phenols is 1. The normalized spacial score (nSPS) is 16.6. The molecule has 1 aliphatic rings. The molecule has 0 spiro atoms. The van der Waals surface area contributed by atoms with Crippen LogP contribution in [0.3, 0.4) is 0 Å². The average Bonchev–Trinajstić information content (AvgIpc) is 3.28. The summed E-state index contributed by atoms with van der Waals surface area (Å²) >= 11 is 0. The molecule has 1 aliphatic heterocycles. The highest BCUT2D eigenvalue weighted by atomic mass is 16.5. The fourth-order valence-corrected chi connectivity index (χ4v) is 7.79. The number of fused-ring (bicyclic) bond motifs is 5. The van der Waals surface area contributed by atoms with Crippen LogP contribution in [0.2, 0.25) is 0 Å². The summed E-state index contributed by atoms with van der Waals surface area (Å²) in [5.74, 6) is -3.07. The van der Waals surface area contributed by atoms with Crippen molar-refractivity contribution in [2.24, 2.45) is 17.2 Å². The summed E-state index contributed by atoms with van der Waals surface area (Å²) in [5.41, 5.74) is 21.9. The Kier molecular flexibility index (Phi) is 17.0. The van der Waals surface area contributed by atoms with Crippen LogP contribution in [0.15, 0.2) is 54.6 Å². The zero-order chi connectivity index (χ0) is 49.2. The lowest BCUT2D eigenvalue weighted by Crippen LogP contribution is -2.56. The first-order valence-corrected chi connectivity index (χ1v) is 22.1. The summed E-state index contributed by atoms with van der Waals surface area (Å²) in [6.07, 6.45) is -0.0886. The van der Waals surface area contributed by atoms with Crippen molar-refractivity contribution in [1.82, 2.24) is 36.1 Å². The molecule has 67 heavy (non-hydrogen) atoms. The van der Waals surface area contributed by atoms with E-state index in [1.165, 1.54) is 26.1 Å². The molecule has 356 valence electrons. The zero-order valence-electron chi connectivity index (χ0n) is 39.1. The second kappa shape index (κ2) is 22.4. The summed E-state index contributed by atoms with van der Waals surface area (Å²) in [7, 11) is 1.38. The molecule has 19 nitrogen and oxygen atoms in total. The molecule has 0 saturated heterocycles. The number of ether oxygens (including phenoxy) is 1. The molecule has 19 heteroatoms. The zero-order valence-corrected chi connectivity index (χ0v) is 39.1. The predicted octanol–water partition coefficient (Wildman–Crippen LogP) is 1.97. The third-order valence-corrected chi connectivity index (χ3v) is 11.3. The summed E-state index contributed by atoms with van der Waals surface area (Å²) in [6, 6.07) is 12.5. The molecule has 0 fully saturated rings. The van der Waals surface area contributed by atoms with E-state index < -0.39 is 53.7 Å². The van der Waals surface area contributed by atoms with Gasteiger partial charge in [0.05, 0.1) is 28.7 Å². The summed E-state index contributed by atoms with van der Waals surface area (Å²) in [5, 5.41) is 34.8. The minimum absolute atomic E-state index is 0.0297. The Labute approximate surface area is 390 Å². The highest BCUT2D eigenvalue weighted by molar-refractivity contribution is 6.01. The first-order chi connectivity index (χ1) is 31.8. The number of likely N-dealkylation sites (N-methyl/N-ethyl adjacent to an activating group) is 1. The summed E-state index contributed by atoms with van der Waals surface area (Å²) in [6.45, 7) is 11.4. The van der Waals surface area contributed by atoms with Crippen LogP contribution in [0.25, 0.3) is 22.5 Å². The quantitative estimate of drug-likeness (QED) is 0.0609. The molecule has 5 rings (SSSR count). The maximum Gasteiger partial charge on any atom is 0.255 e. The number of nitrogens with two attached hydrogens (primary N) is 3. The van der Waals surface area contributed by atoms with Crippen LogP contribution in [-0.2, 0) is 31.0 Å². The third kappa shape index (κ3) is 12.2. The average molecular weight is 919 g/mol. The number of nitriles is 1. The highest BCUT2D eigenvalue weighted by Crippen LogP contribution is 2.43. The fourth-order valence-electron chi connectivity index (χ4n) is 7.79. The van der Waals surface area contributed by atoms with Gasteiger partial charge < -0.3 is 58.5 Å². The van der Waals surface area contributed by atoms with Gasteiger partial charge in [-0.15, -0.1) is 0 Å². The standard InChI is InChI=1S/C48H62N12O7/c1-26-39(27(2)56-42(55-26)30-9-11-32(12-10-30)48(4,5)6)45(64)58-35(14-15-49)47(66)60(7)40-31-24-34(41(61)36(25-31)53-19-16-50)33-22-29(8-13-38(33)67-21-18-52)23-37(44(63)54-20-17-51)59-43(62)28(3)57-46(40)65/h8-13,22,24-25,28,35,37,40,53,61H,14-16,18-21,23,49-50,52H2,1-7H3,(H,54,63)(H,57,65)(H,58,64)(H,59,62)/t28-,35?,37-,40-/m0/s1. The Morgan fingerprint density at radius 2 is 1.64 bits per heavy atom. The number of aromatic hydroxyl groups is 1. The van der Waals surface area contributed by atoms with Crippen molar-refractivity contribution < 1.29 is 33.8 Å². The van der Waals surface area contributed by atoms with E-state index in [2.05, 4.69) is 57.3 Å². The van der Waals surface area contributed by atoms with Gasteiger partial charge in [-0.05, 0) is 80.1 Å². The van der Waals surface area contributed by atoms with Gasteiger partial charge >= 0.3 is 0 Å². The first-order valence-electron chi connectivity index (χ1n) is 22.1. The largest absolute Gasteiger partial charge is 0.505 e. The number of phenolic OH excluding ortho intramolecular Hbond substituents is 1. The van der Waals surface area contributed by atoms with Gasteiger partial charge in [0, 0.05) is 49.8 Å². The van der Waals surface area contributed by atoms with Gasteiger partial charge in [-0.2, -0.15) is 5.26 Å². The van der Waals surface area contributed by atoms with Crippen LogP contribution in [0.4, 0.5) is 5.69 Å². The van der Waals surface area contributed by atoms with Crippen LogP contribution >= 0.6 is 0 Å². The van der Waals surface area contributed by atoms with Crippen molar-refractivity contribution in [3.8, 4) is 40.1 Å². The van der Waals surface area contributed by atoms with E-state index in [1.807, 2.05) is 30.3 Å². The maximum absolute atomic E-state index is 14.8. The topological polar surface area (TPSA) is 306 Å². The molecule has 0 aliphatic carbocycles. The van der Waals surface area contributed by atoms with E-state index >= 15 is 0 Å². The van der Waals surface area contributed by atoms with Crippen molar-refractivity contribution in [2.75, 3.05) is 51.7 Å². The van der Waals surface area contributed by atoms with Crippen LogP contribution in [0, 0.1) is 25.2 Å². The number of hydrogen-bond acceptors (Lipinski definition) is 14. The molecule has 0 saturated carbocycles. The molecule has 5 amide bonds. The van der Waals surface area contributed by atoms with Crippen LogP contribution < -0.4 is 48.5 Å². The van der Waals surface area contributed by atoms with E-state index in [1.54, 1.807) is 32.0 Å². The molecule has 12 N–H and O–H groups in total. The minimum Gasteiger partial charge on any atom is -0.505 e. The van der Waals surface area contributed by atoms with Gasteiger partial charge in [-0.1, -0.05) is 51.1 Å². The molecule has 4 bridgehead atoms. The van der Waals surface area contributed by atoms with Gasteiger partial charge in [-0.25, -0.2) is 9.97 Å². The number of carbonyl (C=O) groups excluding carboxylic acids is 5. The number of aromatic nitrogens is 2. The van der Waals surface area contributed by atoms with Gasteiger partial charge in [0.1, 0.15) is 48.8 Å². The second-order valence-corrected chi connectivity index (χ2v) is 17.4. The molecule has 4 atom stereocenters. The number of carbonyl (C=O) groups is 5. The fraction of sp³-hybridized carbons (Fsp3) is 0.417. The molecular weight excluding hydrogens is 857 g/mol. The van der Waals surface area contributed by atoms with Gasteiger partial charge in [-0.3, -0.25) is 24.0 Å². The van der Waals surface area contributed by atoms with E-state index in [4.69, 9.17) is 27.2 Å². The van der Waals surface area contributed by atoms with Gasteiger partial charge in [0.15, 0.2) is 5.82 Å². The Bertz CT molecular complexity index is 2500. The number of nitrogens with zero attached hydrogens (tertiary/aromatic N) is 4. The van der Waals surface area contributed by atoms with E-state index in [0.717, 1.165) is 16.0 Å². The lowest BCUT2D eigenvalue weighted by Gasteiger charge is -2.33. The van der Waals surface area contributed by atoms with Crippen molar-refractivity contribution in [2.45, 2.75) is 84.0 Å². The molecule has 4 aromatic rings. The Morgan fingerprint density at radius 3 is 2.25 bits per heavy atom. The second-order valence-electron chi connectivity index (χ2n) is 17.4. The van der Waals surface area contributed by atoms with Gasteiger partial charge in [0.25, 0.3) is 5.91 Å². The van der Waals surface area contributed by atoms with Crippen LogP contribution in [-0.4, -0.2) is 114 Å². The van der Waals surface area contributed by atoms with Crippen LogP contribution in [0.1, 0.15) is 78.6 Å². The lowest BCUT2D eigenvalue weighted by atomic mass is 9.86. The number of benzene rings is 3. The molecule has 2 heterocycles. The van der Waals surface area contributed by atoms with Crippen molar-refractivity contribution in [3.05, 3.63) is 88.2 Å². The van der Waals surface area contributed by atoms with E-state index in [0.29, 0.717) is 34.1 Å². The smallest absolute Gasteiger partial charge is 0.255 e. The number of anilines is 1. The Hall–Kier alpha value is -7.14. The highest BCUT2D eigenvalue weighted by Gasteiger charge is 2.37. The number of nitrogens with one attached hydrogen (secondary N) is 5. The molecule has 0 radical (unpaired) electrons. The monoisotopic (exact) mass is 918 g/mol. The third-order valence-electron chi connectivity index (χ3n) is 11.3. The molecule has 3 aromatic carbocycles. The predicted molar refractivity (Wildman–Crippen MR) is 254 cm³/mol. The number of aryl methyl sites for hydroxylation is 2. The lowest BCUT2D eigenvalue weighted by molar-refractivity contribution is -0.141. The van der Waals surface area contributed by atoms with Crippen molar-refractivity contribution >= 4 is 35.2 Å². The Morgan fingerprint density at radius 1 is 0.955 bits per heavy atom. The summed E-state index contributed by atoms with van der Waals surface area (Å²) < 4.78 is 6.03. The minimum atomic E-state index is -1.51. The van der Waals surface area contributed by atoms with E-state index in [-0.39, 0.29) is 85.7 Å². The molecular formula is C48H62N12O7. The van der Waals surface area contributed by atoms with Crippen molar-refractivity contribution in [1.29, 1.82) is 5.26 Å². The molecule has 1 unspecified atom stereocenters. The Balaban J connectivity index is 1.60.